The molecule has 2 heterocycles. The lowest BCUT2D eigenvalue weighted by Crippen LogP contribution is -2.44. The molecule has 31 heavy (non-hydrogen) atoms. The second-order valence-corrected chi connectivity index (χ2v) is 7.83. The maximum absolute atomic E-state index is 12.2. The van der Waals surface area contributed by atoms with E-state index in [0.717, 1.165) is 31.7 Å². The Labute approximate surface area is 189 Å². The largest absolute Gasteiger partial charge is 0.465 e. The third-order valence-electron chi connectivity index (χ3n) is 4.77. The highest BCUT2D eigenvalue weighted by atomic mass is 35.5. The van der Waals surface area contributed by atoms with Crippen molar-refractivity contribution < 1.29 is 14.3 Å². The number of carbonyl (C=O) groups excluding carboxylic acids is 1. The van der Waals surface area contributed by atoms with Crippen LogP contribution < -0.4 is 15.0 Å². The number of halogens is 2. The summed E-state index contributed by atoms with van der Waals surface area (Å²) in [5, 5.41) is 4.28. The lowest BCUT2D eigenvalue weighted by molar-refractivity contribution is 0.0600. The number of ether oxygens (including phenoxy) is 2. The highest BCUT2D eigenvalue weighted by Gasteiger charge is 2.15. The van der Waals surface area contributed by atoms with Crippen molar-refractivity contribution >= 4 is 35.1 Å². The number of hydrogen-bond acceptors (Lipinski definition) is 7. The van der Waals surface area contributed by atoms with Crippen molar-refractivity contribution in [2.24, 2.45) is 0 Å². The van der Waals surface area contributed by atoms with Crippen molar-refractivity contribution in [3.8, 4) is 22.6 Å². The molecule has 1 aliphatic heterocycles. The molecule has 0 atom stereocenters. The third kappa shape index (κ3) is 5.25. The summed E-state index contributed by atoms with van der Waals surface area (Å²) in [7, 11) is 1.33. The van der Waals surface area contributed by atoms with Crippen LogP contribution in [-0.2, 0) is 4.74 Å². The Morgan fingerprint density at radius 3 is 2.23 bits per heavy atom. The zero-order valence-corrected chi connectivity index (χ0v) is 18.3. The number of methoxy groups -OCH3 is 1. The summed E-state index contributed by atoms with van der Waals surface area (Å²) >= 11 is 12.3. The van der Waals surface area contributed by atoms with Crippen LogP contribution in [0.25, 0.3) is 11.1 Å². The van der Waals surface area contributed by atoms with E-state index in [1.807, 2.05) is 0 Å². The first-order valence-electron chi connectivity index (χ1n) is 9.67. The van der Waals surface area contributed by atoms with Crippen LogP contribution in [0.4, 0.5) is 5.95 Å². The van der Waals surface area contributed by atoms with E-state index < -0.39 is 5.97 Å². The average Bonchev–Trinajstić information content (AvgIpc) is 2.79. The minimum Gasteiger partial charge on any atom is -0.465 e. The fraction of sp³-hybridized carbons (Fsp3) is 0.227. The van der Waals surface area contributed by atoms with E-state index in [9.17, 15) is 4.79 Å². The molecule has 0 radical (unpaired) electrons. The Hall–Kier alpha value is -2.87. The number of benzene rings is 2. The van der Waals surface area contributed by atoms with Gasteiger partial charge in [0.2, 0.25) is 5.95 Å². The van der Waals surface area contributed by atoms with E-state index in [-0.39, 0.29) is 0 Å². The van der Waals surface area contributed by atoms with Gasteiger partial charge in [-0.25, -0.2) is 14.8 Å². The number of piperazine rings is 1. The molecule has 1 aliphatic rings. The van der Waals surface area contributed by atoms with Crippen LogP contribution in [-0.4, -0.2) is 49.2 Å². The van der Waals surface area contributed by atoms with Gasteiger partial charge in [0.05, 0.1) is 25.1 Å². The number of esters is 1. The van der Waals surface area contributed by atoms with Gasteiger partial charge in [-0.3, -0.25) is 0 Å². The Kier molecular flexibility index (Phi) is 6.56. The number of rotatable bonds is 5. The Balaban J connectivity index is 1.63. The number of aromatic nitrogens is 2. The van der Waals surface area contributed by atoms with Gasteiger partial charge >= 0.3 is 5.97 Å². The summed E-state index contributed by atoms with van der Waals surface area (Å²) in [6.07, 6.45) is 3.23. The van der Waals surface area contributed by atoms with Crippen LogP contribution in [0.3, 0.4) is 0 Å². The summed E-state index contributed by atoms with van der Waals surface area (Å²) in [6, 6.07) is 10.3. The quantitative estimate of drug-likeness (QED) is 0.566. The van der Waals surface area contributed by atoms with Gasteiger partial charge in [0, 0.05) is 36.2 Å². The number of anilines is 1. The van der Waals surface area contributed by atoms with Gasteiger partial charge < -0.3 is 19.7 Å². The van der Waals surface area contributed by atoms with Crippen molar-refractivity contribution in [3.05, 3.63) is 64.4 Å². The number of nitrogens with zero attached hydrogens (tertiary/aromatic N) is 3. The van der Waals surface area contributed by atoms with Crippen LogP contribution in [0.5, 0.6) is 11.5 Å². The van der Waals surface area contributed by atoms with Gasteiger partial charge in [0.25, 0.3) is 0 Å². The second-order valence-electron chi connectivity index (χ2n) is 6.95. The predicted octanol–water partition coefficient (Wildman–Crippen LogP) is 4.44. The molecule has 160 valence electrons. The van der Waals surface area contributed by atoms with E-state index in [2.05, 4.69) is 20.2 Å². The molecule has 0 spiro atoms. The standard InChI is InChI=1S/C22H20Cl2N4O3/c1-30-21(29)16-6-14(15-7-17(23)11-18(24)8-15)9-19(10-16)31-20-12-26-22(27-13-20)28-4-2-25-3-5-28/h6-13,25H,2-5H2,1H3. The number of nitrogens with one attached hydrogen (secondary N) is 1. The Morgan fingerprint density at radius 2 is 1.58 bits per heavy atom. The van der Waals surface area contributed by atoms with Crippen LogP contribution in [0.2, 0.25) is 10.0 Å². The van der Waals surface area contributed by atoms with Crippen molar-refractivity contribution in [1.29, 1.82) is 0 Å². The smallest absolute Gasteiger partial charge is 0.338 e. The third-order valence-corrected chi connectivity index (χ3v) is 5.21. The van der Waals surface area contributed by atoms with E-state index in [0.29, 0.717) is 38.6 Å². The molecule has 0 amide bonds. The van der Waals surface area contributed by atoms with Gasteiger partial charge in [-0.05, 0) is 47.5 Å². The second kappa shape index (κ2) is 9.51. The topological polar surface area (TPSA) is 76.6 Å². The first-order chi connectivity index (χ1) is 15.0. The summed E-state index contributed by atoms with van der Waals surface area (Å²) in [5.74, 6) is 1.07. The van der Waals surface area contributed by atoms with Gasteiger partial charge in [0.15, 0.2) is 5.75 Å². The molecule has 1 saturated heterocycles. The summed E-state index contributed by atoms with van der Waals surface area (Å²) in [5.41, 5.74) is 1.79. The minimum absolute atomic E-state index is 0.337. The summed E-state index contributed by atoms with van der Waals surface area (Å²) in [4.78, 5) is 23.1. The fourth-order valence-electron chi connectivity index (χ4n) is 3.31. The molecule has 3 aromatic rings. The van der Waals surface area contributed by atoms with Crippen molar-refractivity contribution in [1.82, 2.24) is 15.3 Å². The van der Waals surface area contributed by atoms with E-state index in [1.165, 1.54) is 7.11 Å². The van der Waals surface area contributed by atoms with Crippen LogP contribution in [0.15, 0.2) is 48.8 Å². The highest BCUT2D eigenvalue weighted by Crippen LogP contribution is 2.32. The zero-order valence-electron chi connectivity index (χ0n) is 16.8. The van der Waals surface area contributed by atoms with E-state index in [4.69, 9.17) is 32.7 Å². The van der Waals surface area contributed by atoms with Gasteiger partial charge in [0.1, 0.15) is 5.75 Å². The molecular weight excluding hydrogens is 439 g/mol. The predicted molar refractivity (Wildman–Crippen MR) is 120 cm³/mol. The molecule has 1 N–H and O–H groups in total. The molecular formula is C22H20Cl2N4O3. The van der Waals surface area contributed by atoms with Crippen molar-refractivity contribution in [2.45, 2.75) is 0 Å². The zero-order chi connectivity index (χ0) is 21.8. The van der Waals surface area contributed by atoms with Crippen LogP contribution in [0, 0.1) is 0 Å². The molecule has 0 bridgehead atoms. The lowest BCUT2D eigenvalue weighted by Gasteiger charge is -2.27. The first-order valence-corrected chi connectivity index (χ1v) is 10.4. The number of carbonyl (C=O) groups is 1. The van der Waals surface area contributed by atoms with Gasteiger partial charge in [-0.2, -0.15) is 0 Å². The molecule has 9 heteroatoms. The summed E-state index contributed by atoms with van der Waals surface area (Å²) < 4.78 is 10.8. The molecule has 0 aliphatic carbocycles. The Bertz CT molecular complexity index is 1070. The molecule has 2 aromatic carbocycles. The maximum atomic E-state index is 12.2. The van der Waals surface area contributed by atoms with E-state index >= 15 is 0 Å². The number of hydrogen-bond donors (Lipinski definition) is 1. The molecule has 1 aromatic heterocycles. The molecule has 1 fully saturated rings. The molecule has 4 rings (SSSR count). The van der Waals surface area contributed by atoms with Crippen molar-refractivity contribution in [3.63, 3.8) is 0 Å². The SMILES string of the molecule is COC(=O)c1cc(Oc2cnc(N3CCNCC3)nc2)cc(-c2cc(Cl)cc(Cl)c2)c1. The molecule has 0 unspecified atom stereocenters. The highest BCUT2D eigenvalue weighted by molar-refractivity contribution is 6.35. The minimum atomic E-state index is -0.481. The fourth-order valence-corrected chi connectivity index (χ4v) is 3.83. The average molecular weight is 459 g/mol. The first kappa shape index (κ1) is 21.4. The molecule has 0 saturated carbocycles. The summed E-state index contributed by atoms with van der Waals surface area (Å²) in [6.45, 7) is 3.51. The van der Waals surface area contributed by atoms with E-state index in [1.54, 1.807) is 48.8 Å². The molecule has 7 nitrogen and oxygen atoms in total. The Morgan fingerprint density at radius 1 is 0.935 bits per heavy atom. The normalized spacial score (nSPS) is 13.7. The van der Waals surface area contributed by atoms with Crippen LogP contribution in [0.1, 0.15) is 10.4 Å². The monoisotopic (exact) mass is 458 g/mol. The van der Waals surface area contributed by atoms with Gasteiger partial charge in [-0.1, -0.05) is 23.2 Å². The van der Waals surface area contributed by atoms with Crippen LogP contribution >= 0.6 is 23.2 Å². The maximum Gasteiger partial charge on any atom is 0.338 e. The van der Waals surface area contributed by atoms with Gasteiger partial charge in [-0.15, -0.1) is 0 Å². The van der Waals surface area contributed by atoms with Crippen molar-refractivity contribution in [2.75, 3.05) is 38.2 Å². The lowest BCUT2D eigenvalue weighted by atomic mass is 10.0.